The van der Waals surface area contributed by atoms with E-state index in [1.54, 1.807) is 0 Å². The molecule has 0 aliphatic rings. The normalized spacial score (nSPS) is 10.9. The van der Waals surface area contributed by atoms with Crippen LogP contribution in [0.25, 0.3) is 0 Å². The van der Waals surface area contributed by atoms with Gasteiger partial charge in [-0.2, -0.15) is 0 Å². The van der Waals surface area contributed by atoms with Gasteiger partial charge in [0.05, 0.1) is 22.3 Å². The van der Waals surface area contributed by atoms with Gasteiger partial charge in [0, 0.05) is 10.7 Å². The second-order valence-electron chi connectivity index (χ2n) is 2.24. The third kappa shape index (κ3) is 2.24. The molecule has 0 bridgehead atoms. The Morgan fingerprint density at radius 3 is 2.54 bits per heavy atom. The number of alkyl halides is 2. The Morgan fingerprint density at radius 2 is 2.08 bits per heavy atom. The Kier molecular flexibility index (Phi) is 3.75. The lowest BCUT2D eigenvalue weighted by Gasteiger charge is -2.08. The van der Waals surface area contributed by atoms with E-state index < -0.39 is 13.0 Å². The van der Waals surface area contributed by atoms with Gasteiger partial charge in [0.2, 0.25) is 0 Å². The van der Waals surface area contributed by atoms with E-state index in [2.05, 4.69) is 36.8 Å². The molecule has 0 aliphatic heterocycles. The van der Waals surface area contributed by atoms with Crippen LogP contribution in [0.15, 0.2) is 15.1 Å². The summed E-state index contributed by atoms with van der Waals surface area (Å²) in [4.78, 5) is 3.67. The lowest BCUT2D eigenvalue weighted by Crippen LogP contribution is -2.00. The molecule has 2 nitrogen and oxygen atoms in total. The summed E-state index contributed by atoms with van der Waals surface area (Å²) in [6, 6.07) is 0. The van der Waals surface area contributed by atoms with Crippen molar-refractivity contribution in [2.75, 3.05) is 0 Å². The highest BCUT2D eigenvalue weighted by Gasteiger charge is 2.19. The highest BCUT2D eigenvalue weighted by molar-refractivity contribution is 9.13. The molecule has 0 saturated carbocycles. The Hall–Kier alpha value is -0.0700. The third-order valence-corrected chi connectivity index (χ3v) is 3.45. The Bertz CT molecular complexity index is 320. The molecule has 1 aromatic heterocycles. The molecule has 0 radical (unpaired) electrons. The third-order valence-electron chi connectivity index (χ3n) is 1.46. The highest BCUT2D eigenvalue weighted by atomic mass is 79.9. The summed E-state index contributed by atoms with van der Waals surface area (Å²) in [7, 11) is 0. The number of pyridine rings is 1. The molecule has 1 N–H and O–H groups in total. The van der Waals surface area contributed by atoms with Crippen LogP contribution in [-0.4, -0.2) is 10.1 Å². The second-order valence-corrected chi connectivity index (χ2v) is 3.89. The number of aliphatic hydroxyl groups is 1. The van der Waals surface area contributed by atoms with Crippen molar-refractivity contribution in [3.8, 4) is 0 Å². The van der Waals surface area contributed by atoms with Crippen LogP contribution in [-0.2, 0) is 6.61 Å². The first-order valence-corrected chi connectivity index (χ1v) is 4.88. The maximum Gasteiger partial charge on any atom is 0.266 e. The number of halogens is 4. The summed E-state index contributed by atoms with van der Waals surface area (Å²) in [5.41, 5.74) is -0.276. The fourth-order valence-corrected chi connectivity index (χ4v) is 1.68. The zero-order valence-corrected chi connectivity index (χ0v) is 9.44. The number of hydrogen-bond acceptors (Lipinski definition) is 2. The van der Waals surface area contributed by atoms with Crippen LogP contribution in [0.3, 0.4) is 0 Å². The maximum atomic E-state index is 12.5. The molecule has 1 aromatic rings. The van der Waals surface area contributed by atoms with Crippen LogP contribution in [0.4, 0.5) is 8.78 Å². The lowest BCUT2D eigenvalue weighted by atomic mass is 10.2. The summed E-state index contributed by atoms with van der Waals surface area (Å²) < 4.78 is 25.6. The number of nitrogens with zero attached hydrogens (tertiary/aromatic N) is 1. The fraction of sp³-hybridized carbons (Fsp3) is 0.286. The maximum absolute atomic E-state index is 12.5. The first kappa shape index (κ1) is 11.0. The predicted molar refractivity (Wildman–Crippen MR) is 50.5 cm³/mol. The molecular weight excluding hydrogens is 312 g/mol. The summed E-state index contributed by atoms with van der Waals surface area (Å²) in [6.45, 7) is -0.494. The summed E-state index contributed by atoms with van der Waals surface area (Å²) in [6.07, 6.45) is -1.29. The van der Waals surface area contributed by atoms with Crippen molar-refractivity contribution >= 4 is 31.9 Å². The molecule has 13 heavy (non-hydrogen) atoms. The lowest BCUT2D eigenvalue weighted by molar-refractivity contribution is 0.145. The van der Waals surface area contributed by atoms with Gasteiger partial charge < -0.3 is 5.11 Å². The molecule has 0 aliphatic carbocycles. The quantitative estimate of drug-likeness (QED) is 0.909. The van der Waals surface area contributed by atoms with E-state index in [9.17, 15) is 8.78 Å². The number of aliphatic hydroxyl groups excluding tert-OH is 1. The minimum Gasteiger partial charge on any atom is -0.390 e. The zero-order chi connectivity index (χ0) is 10.0. The van der Waals surface area contributed by atoms with Crippen LogP contribution in [0.1, 0.15) is 17.7 Å². The Balaban J connectivity index is 3.32. The van der Waals surface area contributed by atoms with Crippen molar-refractivity contribution in [3.05, 3.63) is 26.4 Å². The standard InChI is InChI=1S/C7H5Br2F2NO/c8-3-1-12-4(2-13)5(6(3)9)7(10)11/h1,7,13H,2H2. The Labute approximate surface area is 90.2 Å². The van der Waals surface area contributed by atoms with Gasteiger partial charge in [-0.25, -0.2) is 8.78 Å². The van der Waals surface area contributed by atoms with Gasteiger partial charge in [-0.3, -0.25) is 4.98 Å². The van der Waals surface area contributed by atoms with Gasteiger partial charge >= 0.3 is 0 Å². The molecule has 1 rings (SSSR count). The van der Waals surface area contributed by atoms with Crippen molar-refractivity contribution in [1.82, 2.24) is 4.98 Å². The smallest absolute Gasteiger partial charge is 0.266 e. The van der Waals surface area contributed by atoms with Crippen molar-refractivity contribution in [2.24, 2.45) is 0 Å². The van der Waals surface area contributed by atoms with E-state index in [1.165, 1.54) is 6.20 Å². The largest absolute Gasteiger partial charge is 0.390 e. The molecule has 0 saturated heterocycles. The average molecular weight is 317 g/mol. The molecule has 72 valence electrons. The van der Waals surface area contributed by atoms with E-state index in [0.29, 0.717) is 4.47 Å². The van der Waals surface area contributed by atoms with E-state index in [-0.39, 0.29) is 15.7 Å². The monoisotopic (exact) mass is 315 g/mol. The molecule has 1 heterocycles. The average Bonchev–Trinajstić information content (AvgIpc) is 2.08. The molecule has 0 spiro atoms. The minimum absolute atomic E-state index is 0.00919. The van der Waals surface area contributed by atoms with Crippen molar-refractivity contribution in [1.29, 1.82) is 0 Å². The molecule has 0 amide bonds. The van der Waals surface area contributed by atoms with Gasteiger partial charge in [-0.15, -0.1) is 0 Å². The molecule has 0 aromatic carbocycles. The summed E-state index contributed by atoms with van der Waals surface area (Å²) in [5, 5.41) is 8.75. The van der Waals surface area contributed by atoms with Crippen molar-refractivity contribution < 1.29 is 13.9 Å². The van der Waals surface area contributed by atoms with Crippen LogP contribution in [0, 0.1) is 0 Å². The zero-order valence-electron chi connectivity index (χ0n) is 6.27. The molecule has 6 heteroatoms. The first-order valence-electron chi connectivity index (χ1n) is 3.29. The van der Waals surface area contributed by atoms with Crippen molar-refractivity contribution in [2.45, 2.75) is 13.0 Å². The second kappa shape index (κ2) is 4.43. The van der Waals surface area contributed by atoms with Crippen LogP contribution < -0.4 is 0 Å². The predicted octanol–water partition coefficient (Wildman–Crippen LogP) is 3.04. The number of hydrogen-bond donors (Lipinski definition) is 1. The fourth-order valence-electron chi connectivity index (χ4n) is 0.864. The van der Waals surface area contributed by atoms with Crippen LogP contribution in [0.2, 0.25) is 0 Å². The van der Waals surface area contributed by atoms with Crippen LogP contribution in [0.5, 0.6) is 0 Å². The van der Waals surface area contributed by atoms with Gasteiger partial charge in [-0.1, -0.05) is 0 Å². The Morgan fingerprint density at radius 1 is 1.46 bits per heavy atom. The van der Waals surface area contributed by atoms with Gasteiger partial charge in [0.25, 0.3) is 6.43 Å². The highest BCUT2D eigenvalue weighted by Crippen LogP contribution is 2.34. The number of rotatable bonds is 2. The topological polar surface area (TPSA) is 33.1 Å². The molecule has 0 unspecified atom stereocenters. The van der Waals surface area contributed by atoms with Crippen LogP contribution >= 0.6 is 31.9 Å². The van der Waals surface area contributed by atoms with E-state index in [4.69, 9.17) is 5.11 Å². The van der Waals surface area contributed by atoms with Gasteiger partial charge in [0.15, 0.2) is 0 Å². The van der Waals surface area contributed by atoms with Gasteiger partial charge in [0.1, 0.15) is 0 Å². The molecule has 0 atom stereocenters. The van der Waals surface area contributed by atoms with E-state index in [1.807, 2.05) is 0 Å². The minimum atomic E-state index is -2.65. The summed E-state index contributed by atoms with van der Waals surface area (Å²) in [5.74, 6) is 0. The van der Waals surface area contributed by atoms with E-state index in [0.717, 1.165) is 0 Å². The van der Waals surface area contributed by atoms with Crippen molar-refractivity contribution in [3.63, 3.8) is 0 Å². The molecule has 0 fully saturated rings. The molecular formula is C7H5Br2F2NO. The van der Waals surface area contributed by atoms with Gasteiger partial charge in [-0.05, 0) is 31.9 Å². The summed E-state index contributed by atoms with van der Waals surface area (Å²) >= 11 is 6.05. The SMILES string of the molecule is OCc1ncc(Br)c(Br)c1C(F)F. The first-order chi connectivity index (χ1) is 6.07. The van der Waals surface area contributed by atoms with E-state index >= 15 is 0 Å². The number of aromatic nitrogens is 1.